The molecule has 0 atom stereocenters. The van der Waals surface area contributed by atoms with E-state index < -0.39 is 23.4 Å². The van der Waals surface area contributed by atoms with Crippen LogP contribution in [0.15, 0.2) is 77.2 Å². The van der Waals surface area contributed by atoms with Gasteiger partial charge in [-0.25, -0.2) is 18.2 Å². The van der Waals surface area contributed by atoms with E-state index in [4.69, 9.17) is 0 Å². The van der Waals surface area contributed by atoms with Gasteiger partial charge in [0.1, 0.15) is 22.1 Å². The van der Waals surface area contributed by atoms with Crippen molar-refractivity contribution in [3.05, 3.63) is 100 Å². The van der Waals surface area contributed by atoms with Crippen molar-refractivity contribution in [1.82, 2.24) is 14.4 Å². The molecule has 1 aromatic carbocycles. The maximum atomic E-state index is 14.5. The van der Waals surface area contributed by atoms with Crippen molar-refractivity contribution >= 4 is 38.6 Å². The Morgan fingerprint density at radius 2 is 1.89 bits per heavy atom. The number of fused-ring (bicyclic) bond motifs is 1. The number of nitrogens with one attached hydrogen (secondary N) is 1. The zero-order chi connectivity index (χ0) is 25.3. The number of hydrogen-bond acceptors (Lipinski definition) is 3. The Kier molecular flexibility index (Phi) is 6.88. The number of hydrogen-bond donors (Lipinski definition) is 1. The van der Waals surface area contributed by atoms with E-state index in [0.717, 1.165) is 6.92 Å². The molecule has 5 nitrogen and oxygen atoms in total. The van der Waals surface area contributed by atoms with Crippen molar-refractivity contribution in [2.75, 3.05) is 5.32 Å². The summed E-state index contributed by atoms with van der Waals surface area (Å²) in [7, 11) is 0. The Balaban J connectivity index is 1.80. The van der Waals surface area contributed by atoms with E-state index in [-0.39, 0.29) is 11.4 Å². The van der Waals surface area contributed by atoms with Gasteiger partial charge in [0.05, 0.1) is 22.3 Å². The Labute approximate surface area is 208 Å². The molecule has 3 heterocycles. The van der Waals surface area contributed by atoms with Crippen LogP contribution >= 0.6 is 15.9 Å². The number of rotatable bonds is 5. The van der Waals surface area contributed by atoms with E-state index in [9.17, 15) is 18.0 Å². The maximum Gasteiger partial charge on any atom is 0.257 e. The van der Waals surface area contributed by atoms with Gasteiger partial charge in [-0.1, -0.05) is 12.1 Å². The first-order valence-corrected chi connectivity index (χ1v) is 11.4. The molecule has 3 aromatic heterocycles. The van der Waals surface area contributed by atoms with Gasteiger partial charge in [0, 0.05) is 29.2 Å². The van der Waals surface area contributed by atoms with E-state index >= 15 is 0 Å². The summed E-state index contributed by atoms with van der Waals surface area (Å²) in [6.45, 7) is 4.36. The van der Waals surface area contributed by atoms with Gasteiger partial charge in [-0.2, -0.15) is 0 Å². The molecule has 0 radical (unpaired) electrons. The highest BCUT2D eigenvalue weighted by Crippen LogP contribution is 2.35. The first-order valence-electron chi connectivity index (χ1n) is 10.6. The van der Waals surface area contributed by atoms with Crippen molar-refractivity contribution in [3.63, 3.8) is 0 Å². The SMILES string of the molecule is C/C=C(\C(F)=C(/C)F)c1nc(Br)c2c(-c3cnc(C)c(C(=O)Nc4ccc(F)cc4)c3)cccn12. The normalized spacial score (nSPS) is 12.6. The van der Waals surface area contributed by atoms with Gasteiger partial charge in [0.15, 0.2) is 5.83 Å². The van der Waals surface area contributed by atoms with E-state index in [2.05, 4.69) is 31.2 Å². The predicted octanol–water partition coefficient (Wildman–Crippen LogP) is 7.43. The lowest BCUT2D eigenvalue weighted by Gasteiger charge is -2.11. The summed E-state index contributed by atoms with van der Waals surface area (Å²) in [5, 5.41) is 2.74. The molecule has 0 saturated carbocycles. The van der Waals surface area contributed by atoms with Gasteiger partial charge < -0.3 is 5.32 Å². The summed E-state index contributed by atoms with van der Waals surface area (Å²) in [6.07, 6.45) is 4.78. The number of benzene rings is 1. The van der Waals surface area contributed by atoms with E-state index in [0.29, 0.717) is 38.2 Å². The van der Waals surface area contributed by atoms with Gasteiger partial charge in [0.25, 0.3) is 5.91 Å². The molecular weight excluding hydrogens is 521 g/mol. The summed E-state index contributed by atoms with van der Waals surface area (Å²) < 4.78 is 43.4. The Morgan fingerprint density at radius 1 is 1.17 bits per heavy atom. The summed E-state index contributed by atoms with van der Waals surface area (Å²) >= 11 is 3.44. The average molecular weight is 541 g/mol. The number of amides is 1. The first kappa shape index (κ1) is 24.4. The minimum absolute atomic E-state index is 0.0178. The minimum Gasteiger partial charge on any atom is -0.322 e. The topological polar surface area (TPSA) is 59.3 Å². The third-order valence-electron chi connectivity index (χ3n) is 5.43. The standard InChI is InChI=1S/C26H20BrF3N4O/c1-4-19(22(30)14(2)28)25-33-24(27)23-20(6-5-11-34(23)25)16-12-21(15(3)31-13-16)26(35)32-18-9-7-17(29)8-10-18/h4-13H,1-3H3,(H,32,35)/b19-4+,22-14-. The number of carbonyl (C=O) groups excluding carboxylic acids is 1. The maximum absolute atomic E-state index is 14.5. The van der Waals surface area contributed by atoms with Crippen LogP contribution in [0.25, 0.3) is 22.2 Å². The summed E-state index contributed by atoms with van der Waals surface area (Å²) in [4.78, 5) is 21.8. The summed E-state index contributed by atoms with van der Waals surface area (Å²) in [5.74, 6) is -2.51. The van der Waals surface area contributed by atoms with Crippen molar-refractivity contribution in [3.8, 4) is 11.1 Å². The number of halogens is 4. The molecule has 0 aliphatic rings. The fraction of sp³-hybridized carbons (Fsp3) is 0.115. The smallest absolute Gasteiger partial charge is 0.257 e. The lowest BCUT2D eigenvalue weighted by Crippen LogP contribution is -2.14. The molecule has 0 saturated heterocycles. The highest BCUT2D eigenvalue weighted by molar-refractivity contribution is 9.10. The van der Waals surface area contributed by atoms with Crippen LogP contribution in [-0.4, -0.2) is 20.3 Å². The second-order valence-electron chi connectivity index (χ2n) is 7.73. The van der Waals surface area contributed by atoms with Gasteiger partial charge >= 0.3 is 0 Å². The minimum atomic E-state index is -0.992. The quantitative estimate of drug-likeness (QED) is 0.268. The number of anilines is 1. The molecule has 1 N–H and O–H groups in total. The van der Waals surface area contributed by atoms with Crippen LogP contribution in [0, 0.1) is 12.7 Å². The van der Waals surface area contributed by atoms with Crippen LogP contribution in [0.4, 0.5) is 18.9 Å². The number of carbonyl (C=O) groups is 1. The van der Waals surface area contributed by atoms with Crippen LogP contribution in [0.2, 0.25) is 0 Å². The van der Waals surface area contributed by atoms with Crippen LogP contribution in [0.1, 0.15) is 35.7 Å². The zero-order valence-corrected chi connectivity index (χ0v) is 20.6. The molecule has 4 rings (SSSR count). The molecule has 0 fully saturated rings. The molecule has 4 aromatic rings. The van der Waals surface area contributed by atoms with Crippen molar-refractivity contribution in [2.45, 2.75) is 20.8 Å². The molecule has 0 aliphatic heterocycles. The summed E-state index contributed by atoms with van der Waals surface area (Å²) in [6, 6.07) is 10.7. The molecule has 0 unspecified atom stereocenters. The molecule has 9 heteroatoms. The fourth-order valence-electron chi connectivity index (χ4n) is 3.70. The van der Waals surface area contributed by atoms with Crippen LogP contribution in [0.3, 0.4) is 0 Å². The summed E-state index contributed by atoms with van der Waals surface area (Å²) in [5.41, 5.74) is 3.21. The number of allylic oxidation sites excluding steroid dienone is 4. The van der Waals surface area contributed by atoms with E-state index in [1.807, 2.05) is 6.07 Å². The number of aryl methyl sites for hydroxylation is 1. The predicted molar refractivity (Wildman–Crippen MR) is 134 cm³/mol. The second kappa shape index (κ2) is 9.87. The van der Waals surface area contributed by atoms with Crippen molar-refractivity contribution < 1.29 is 18.0 Å². The van der Waals surface area contributed by atoms with Crippen molar-refractivity contribution in [2.24, 2.45) is 0 Å². The molecule has 35 heavy (non-hydrogen) atoms. The number of pyridine rings is 2. The number of aromatic nitrogens is 3. The molecule has 1 amide bonds. The molecular formula is C26H20BrF3N4O. The van der Waals surface area contributed by atoms with Gasteiger partial charge in [-0.15, -0.1) is 0 Å². The van der Waals surface area contributed by atoms with E-state index in [1.54, 1.807) is 42.8 Å². The monoisotopic (exact) mass is 540 g/mol. The number of nitrogens with zero attached hydrogens (tertiary/aromatic N) is 3. The molecule has 178 valence electrons. The Bertz CT molecular complexity index is 1500. The molecule has 0 bridgehead atoms. The van der Waals surface area contributed by atoms with Gasteiger partial charge in [-0.3, -0.25) is 14.2 Å². The molecule has 0 spiro atoms. The highest BCUT2D eigenvalue weighted by Gasteiger charge is 2.21. The van der Waals surface area contributed by atoms with Crippen LogP contribution < -0.4 is 5.32 Å². The number of imidazole rings is 1. The third kappa shape index (κ3) is 4.77. The lowest BCUT2D eigenvalue weighted by molar-refractivity contribution is 0.102. The second-order valence-corrected chi connectivity index (χ2v) is 8.49. The van der Waals surface area contributed by atoms with Gasteiger partial charge in [0.2, 0.25) is 0 Å². The van der Waals surface area contributed by atoms with Crippen molar-refractivity contribution in [1.29, 1.82) is 0 Å². The average Bonchev–Trinajstić information content (AvgIpc) is 3.17. The van der Waals surface area contributed by atoms with E-state index in [1.165, 1.54) is 30.3 Å². The zero-order valence-electron chi connectivity index (χ0n) is 19.0. The largest absolute Gasteiger partial charge is 0.322 e. The fourth-order valence-corrected chi connectivity index (χ4v) is 4.27. The van der Waals surface area contributed by atoms with Crippen LogP contribution in [-0.2, 0) is 0 Å². The lowest BCUT2D eigenvalue weighted by atomic mass is 10.0. The Hall–Kier alpha value is -3.72. The first-order chi connectivity index (χ1) is 16.7. The van der Waals surface area contributed by atoms with Crippen LogP contribution in [0.5, 0.6) is 0 Å². The Morgan fingerprint density at radius 3 is 2.54 bits per heavy atom. The highest BCUT2D eigenvalue weighted by atomic mass is 79.9. The van der Waals surface area contributed by atoms with Gasteiger partial charge in [-0.05, 0) is 73.1 Å². The third-order valence-corrected chi connectivity index (χ3v) is 5.99. The molecule has 0 aliphatic carbocycles.